The van der Waals surface area contributed by atoms with Crippen LogP contribution in [0.4, 0.5) is 0 Å². The van der Waals surface area contributed by atoms with Crippen LogP contribution in [-0.4, -0.2) is 58.7 Å². The minimum atomic E-state index is -1.93. The zero-order valence-corrected chi connectivity index (χ0v) is 26.6. The molecule has 1 aromatic rings. The normalized spacial score (nSPS) is 23.7. The predicted molar refractivity (Wildman–Crippen MR) is 149 cm³/mol. The summed E-state index contributed by atoms with van der Waals surface area (Å²) in [4.78, 5) is 2.45. The van der Waals surface area contributed by atoms with Crippen LogP contribution in [0.2, 0.25) is 18.1 Å². The van der Waals surface area contributed by atoms with Crippen molar-refractivity contribution in [2.24, 2.45) is 5.41 Å². The van der Waals surface area contributed by atoms with Crippen LogP contribution in [0, 0.1) is 17.3 Å². The van der Waals surface area contributed by atoms with E-state index in [9.17, 15) is 5.11 Å². The van der Waals surface area contributed by atoms with Crippen LogP contribution in [0.1, 0.15) is 73.8 Å². The largest absolute Gasteiger partial charge is 0.417 e. The maximum absolute atomic E-state index is 11.7. The molecule has 1 fully saturated rings. The summed E-state index contributed by atoms with van der Waals surface area (Å²) in [5.74, 6) is 6.46. The zero-order chi connectivity index (χ0) is 26.0. The van der Waals surface area contributed by atoms with Gasteiger partial charge in [-0.15, -0.1) is 0 Å². The second-order valence-corrected chi connectivity index (χ2v) is 18.3. The van der Waals surface area contributed by atoms with Crippen molar-refractivity contribution in [1.82, 2.24) is 4.90 Å². The monoisotopic (exact) mass is 503 g/mol. The molecule has 4 atom stereocenters. The molecule has 0 radical (unpaired) electrons. The molecule has 4 nitrogen and oxygen atoms in total. The van der Waals surface area contributed by atoms with Crippen LogP contribution >= 0.6 is 0 Å². The predicted octanol–water partition coefficient (Wildman–Crippen LogP) is 4.90. The van der Waals surface area contributed by atoms with Crippen molar-refractivity contribution in [2.75, 3.05) is 6.54 Å². The smallest absolute Gasteiger partial charge is 0.192 e. The average molecular weight is 504 g/mol. The molecule has 1 aromatic carbocycles. The molecule has 192 valence electrons. The first-order valence-electron chi connectivity index (χ1n) is 12.7. The highest BCUT2D eigenvalue weighted by Gasteiger charge is 2.54. The van der Waals surface area contributed by atoms with Crippen molar-refractivity contribution >= 4 is 18.8 Å². The lowest BCUT2D eigenvalue weighted by Gasteiger charge is -2.46. The first-order valence-corrected chi connectivity index (χ1v) is 16.4. The molecule has 0 amide bonds. The van der Waals surface area contributed by atoms with Gasteiger partial charge in [0.05, 0.1) is 6.10 Å². The van der Waals surface area contributed by atoms with Gasteiger partial charge in [0.15, 0.2) is 13.9 Å². The van der Waals surface area contributed by atoms with Crippen LogP contribution in [0.3, 0.4) is 0 Å². The minimum Gasteiger partial charge on any atom is -0.417 e. The molecule has 34 heavy (non-hydrogen) atoms. The van der Waals surface area contributed by atoms with Gasteiger partial charge in [0, 0.05) is 25.6 Å². The lowest BCUT2D eigenvalue weighted by Crippen LogP contribution is -2.62. The van der Waals surface area contributed by atoms with Gasteiger partial charge in [-0.3, -0.25) is 4.90 Å². The summed E-state index contributed by atoms with van der Waals surface area (Å²) in [6.07, 6.45) is 1.68. The van der Waals surface area contributed by atoms with Gasteiger partial charge in [-0.25, -0.2) is 0 Å². The molecular weight excluding hydrogens is 454 g/mol. The fraction of sp³-hybridized carbons (Fsp3) is 0.714. The van der Waals surface area contributed by atoms with E-state index in [-0.39, 0.29) is 22.6 Å². The molecule has 1 saturated heterocycles. The number of rotatable bonds is 7. The highest BCUT2D eigenvalue weighted by atomic mass is 28.4. The van der Waals surface area contributed by atoms with Gasteiger partial charge in [-0.05, 0) is 49.4 Å². The van der Waals surface area contributed by atoms with E-state index in [0.29, 0.717) is 10.5 Å². The maximum Gasteiger partial charge on any atom is 0.192 e. The molecule has 0 aromatic heterocycles. The highest BCUT2D eigenvalue weighted by molar-refractivity contribution is 6.74. The van der Waals surface area contributed by atoms with Gasteiger partial charge in [0.2, 0.25) is 0 Å². The van der Waals surface area contributed by atoms with Crippen molar-refractivity contribution < 1.29 is 14.0 Å². The number of aliphatic hydroxyl groups is 1. The number of likely N-dealkylation sites (tertiary alicyclic amines) is 1. The fourth-order valence-electron chi connectivity index (χ4n) is 4.37. The van der Waals surface area contributed by atoms with Gasteiger partial charge in [0.25, 0.3) is 0 Å². The number of hydrogen-bond donors (Lipinski definition) is 1. The number of hydrogen-bond acceptors (Lipinski definition) is 4. The average Bonchev–Trinajstić information content (AvgIpc) is 3.07. The molecule has 0 spiro atoms. The first-order chi connectivity index (χ1) is 15.4. The second kappa shape index (κ2) is 10.6. The lowest BCUT2D eigenvalue weighted by atomic mass is 9.78. The van der Waals surface area contributed by atoms with Gasteiger partial charge < -0.3 is 14.0 Å². The molecular formula is C28H49NO3Si2. The molecule has 6 heteroatoms. The van der Waals surface area contributed by atoms with Crippen LogP contribution in [-0.2, 0) is 15.4 Å². The fourth-order valence-corrected chi connectivity index (χ4v) is 6.40. The summed E-state index contributed by atoms with van der Waals surface area (Å²) in [5, 5.41) is 11.8. The molecule has 1 N–H and O–H groups in total. The van der Waals surface area contributed by atoms with Crippen molar-refractivity contribution in [2.45, 2.75) is 116 Å². The molecule has 1 aliphatic heterocycles. The van der Waals surface area contributed by atoms with E-state index in [4.69, 9.17) is 8.85 Å². The Morgan fingerprint density at radius 2 is 1.65 bits per heavy atom. The van der Waals surface area contributed by atoms with Crippen molar-refractivity contribution in [3.63, 3.8) is 0 Å². The van der Waals surface area contributed by atoms with Crippen molar-refractivity contribution in [1.29, 1.82) is 0 Å². The number of nitrogens with zero attached hydrogens (tertiary/aromatic N) is 1. The summed E-state index contributed by atoms with van der Waals surface area (Å²) in [6, 6.07) is 10.5. The summed E-state index contributed by atoms with van der Waals surface area (Å²) in [5.41, 5.74) is -0.735. The van der Waals surface area contributed by atoms with Crippen LogP contribution in [0.15, 0.2) is 30.3 Å². The van der Waals surface area contributed by atoms with Gasteiger partial charge >= 0.3 is 0 Å². The molecule has 0 aliphatic carbocycles. The van der Waals surface area contributed by atoms with Crippen LogP contribution in [0.5, 0.6) is 0 Å². The van der Waals surface area contributed by atoms with E-state index >= 15 is 0 Å². The quantitative estimate of drug-likeness (QED) is 0.425. The minimum absolute atomic E-state index is 0.00101. The Morgan fingerprint density at radius 3 is 2.15 bits per heavy atom. The van der Waals surface area contributed by atoms with Crippen LogP contribution in [0.25, 0.3) is 0 Å². The molecule has 2 unspecified atom stereocenters. The summed E-state index contributed by atoms with van der Waals surface area (Å²) in [6.45, 7) is 23.5. The lowest BCUT2D eigenvalue weighted by molar-refractivity contribution is -0.115. The van der Waals surface area contributed by atoms with Crippen LogP contribution < -0.4 is 0 Å². The van der Waals surface area contributed by atoms with Gasteiger partial charge in [-0.1, -0.05) is 83.7 Å². The van der Waals surface area contributed by atoms with Gasteiger partial charge in [0.1, 0.15) is 16.1 Å². The Labute approximate surface area is 213 Å². The summed E-state index contributed by atoms with van der Waals surface area (Å²) < 4.78 is 13.2. The van der Waals surface area contributed by atoms with E-state index in [2.05, 4.69) is 102 Å². The van der Waals surface area contributed by atoms with Crippen molar-refractivity contribution in [3.8, 4) is 11.8 Å². The van der Waals surface area contributed by atoms with E-state index in [1.807, 2.05) is 13.8 Å². The van der Waals surface area contributed by atoms with E-state index in [1.165, 1.54) is 5.56 Å². The Morgan fingerprint density at radius 1 is 1.06 bits per heavy atom. The van der Waals surface area contributed by atoms with E-state index in [0.717, 1.165) is 25.9 Å². The third kappa shape index (κ3) is 7.05. The Kier molecular flexibility index (Phi) is 9.11. The van der Waals surface area contributed by atoms with E-state index in [1.54, 1.807) is 0 Å². The maximum atomic E-state index is 11.7. The number of benzene rings is 1. The topological polar surface area (TPSA) is 41.9 Å². The van der Waals surface area contributed by atoms with E-state index < -0.39 is 19.5 Å². The zero-order valence-electron chi connectivity index (χ0n) is 23.6. The second-order valence-electron chi connectivity index (χ2n) is 13.1. The van der Waals surface area contributed by atoms with Crippen molar-refractivity contribution in [3.05, 3.63) is 35.9 Å². The third-order valence-corrected chi connectivity index (χ3v) is 13.2. The summed E-state index contributed by atoms with van der Waals surface area (Å²) >= 11 is 0. The van der Waals surface area contributed by atoms with Gasteiger partial charge in [-0.2, -0.15) is 0 Å². The molecule has 2 rings (SSSR count). The standard InChI is InChI=1S/C28H49NO3Si2/c1-25(2,3)17-14-18-27(7,30)28(8,32-33)24-19-23(31-34(9,10)26(4,5)6)21-29(24)20-22-15-12-11-13-16-22/h11-13,15-16,23-24,30H,17,19-21H2,1-10,33H3/t23-,24+,27?,28?/m1/s1. The molecule has 1 aliphatic rings. The molecule has 0 saturated carbocycles. The Balaban J connectivity index is 2.40. The Hall–Kier alpha value is -0.946. The first kappa shape index (κ1) is 29.3. The molecule has 0 bridgehead atoms. The molecule has 1 heterocycles. The third-order valence-electron chi connectivity index (χ3n) is 7.84. The Bertz CT molecular complexity index is 862. The highest BCUT2D eigenvalue weighted by Crippen LogP contribution is 2.42. The summed E-state index contributed by atoms with van der Waals surface area (Å²) in [7, 11) is -1.41. The SMILES string of the molecule is CC(C)(C)CC#CC(C)(O)C(C)(O[SiH3])[C@@H]1C[C@@H](O[Si](C)(C)C(C)(C)C)CN1Cc1ccccc1.